The van der Waals surface area contributed by atoms with E-state index in [1.807, 2.05) is 13.0 Å². The van der Waals surface area contributed by atoms with Crippen molar-refractivity contribution in [3.8, 4) is 0 Å². The first-order valence-corrected chi connectivity index (χ1v) is 5.05. The van der Waals surface area contributed by atoms with Gasteiger partial charge in [-0.15, -0.1) is 0 Å². The van der Waals surface area contributed by atoms with E-state index in [9.17, 15) is 4.79 Å². The van der Waals surface area contributed by atoms with Gasteiger partial charge < -0.3 is 14.6 Å². The Morgan fingerprint density at radius 1 is 1.53 bits per heavy atom. The third-order valence-corrected chi connectivity index (χ3v) is 2.27. The number of amides is 1. The monoisotopic (exact) mass is 210 g/mol. The summed E-state index contributed by atoms with van der Waals surface area (Å²) in [6.45, 7) is 3.36. The standard InChI is InChI=1S/C11H18N2O2/c1-9-5-7-15-10(9)8-12-6-4-11(14)13(2)3/h5,7,12H,4,6,8H2,1-3H3. The van der Waals surface area contributed by atoms with E-state index in [0.29, 0.717) is 19.5 Å². The smallest absolute Gasteiger partial charge is 0.223 e. The highest BCUT2D eigenvalue weighted by molar-refractivity contribution is 5.75. The van der Waals surface area contributed by atoms with Gasteiger partial charge in [0, 0.05) is 27.1 Å². The minimum Gasteiger partial charge on any atom is -0.468 e. The zero-order chi connectivity index (χ0) is 11.3. The van der Waals surface area contributed by atoms with Crippen molar-refractivity contribution in [3.63, 3.8) is 0 Å². The van der Waals surface area contributed by atoms with Crippen LogP contribution in [0, 0.1) is 6.92 Å². The molecule has 0 aliphatic heterocycles. The summed E-state index contributed by atoms with van der Waals surface area (Å²) in [6.07, 6.45) is 2.20. The molecule has 0 aliphatic rings. The van der Waals surface area contributed by atoms with Gasteiger partial charge in [0.1, 0.15) is 5.76 Å². The molecule has 0 atom stereocenters. The molecule has 0 spiro atoms. The molecule has 84 valence electrons. The van der Waals surface area contributed by atoms with Gasteiger partial charge in [0.2, 0.25) is 5.91 Å². The third kappa shape index (κ3) is 3.75. The Kier molecular flexibility index (Phi) is 4.37. The lowest BCUT2D eigenvalue weighted by molar-refractivity contribution is -0.128. The van der Waals surface area contributed by atoms with Crippen molar-refractivity contribution in [2.24, 2.45) is 0 Å². The van der Waals surface area contributed by atoms with E-state index in [1.54, 1.807) is 25.3 Å². The number of carbonyl (C=O) groups excluding carboxylic acids is 1. The summed E-state index contributed by atoms with van der Waals surface area (Å²) in [5, 5.41) is 3.17. The van der Waals surface area contributed by atoms with Gasteiger partial charge in [-0.3, -0.25) is 4.79 Å². The Morgan fingerprint density at radius 3 is 2.80 bits per heavy atom. The molecule has 1 aromatic rings. The minimum atomic E-state index is 0.138. The Bertz CT molecular complexity index is 318. The Hall–Kier alpha value is -1.29. The van der Waals surface area contributed by atoms with E-state index in [2.05, 4.69) is 5.32 Å². The van der Waals surface area contributed by atoms with Crippen LogP contribution in [0.25, 0.3) is 0 Å². The predicted octanol–water partition coefficient (Wildman–Crippen LogP) is 1.16. The van der Waals surface area contributed by atoms with Gasteiger partial charge in [0.15, 0.2) is 0 Å². The maximum absolute atomic E-state index is 11.2. The van der Waals surface area contributed by atoms with Crippen molar-refractivity contribution >= 4 is 5.91 Å². The van der Waals surface area contributed by atoms with E-state index in [1.165, 1.54) is 0 Å². The van der Waals surface area contributed by atoms with Crippen LogP contribution >= 0.6 is 0 Å². The maximum Gasteiger partial charge on any atom is 0.223 e. The molecule has 0 unspecified atom stereocenters. The van der Waals surface area contributed by atoms with Gasteiger partial charge >= 0.3 is 0 Å². The van der Waals surface area contributed by atoms with Gasteiger partial charge in [-0.05, 0) is 18.6 Å². The molecule has 0 aliphatic carbocycles. The topological polar surface area (TPSA) is 45.5 Å². The SMILES string of the molecule is Cc1ccoc1CNCCC(=O)N(C)C. The van der Waals surface area contributed by atoms with Crippen molar-refractivity contribution in [1.82, 2.24) is 10.2 Å². The molecule has 1 N–H and O–H groups in total. The van der Waals surface area contributed by atoms with Crippen LogP contribution in [0.1, 0.15) is 17.7 Å². The van der Waals surface area contributed by atoms with Crippen molar-refractivity contribution in [2.75, 3.05) is 20.6 Å². The van der Waals surface area contributed by atoms with Crippen LogP contribution in [0.3, 0.4) is 0 Å². The molecule has 1 heterocycles. The van der Waals surface area contributed by atoms with E-state index < -0.39 is 0 Å². The zero-order valence-corrected chi connectivity index (χ0v) is 9.54. The average Bonchev–Trinajstić information content (AvgIpc) is 2.58. The van der Waals surface area contributed by atoms with E-state index >= 15 is 0 Å². The molecule has 0 saturated heterocycles. The summed E-state index contributed by atoms with van der Waals surface area (Å²) in [6, 6.07) is 1.93. The van der Waals surface area contributed by atoms with Crippen LogP contribution in [0.15, 0.2) is 16.7 Å². The van der Waals surface area contributed by atoms with E-state index in [0.717, 1.165) is 11.3 Å². The van der Waals surface area contributed by atoms with Gasteiger partial charge in [-0.25, -0.2) is 0 Å². The predicted molar refractivity (Wildman–Crippen MR) is 58.5 cm³/mol. The fourth-order valence-electron chi connectivity index (χ4n) is 1.21. The second-order valence-corrected chi connectivity index (χ2v) is 3.74. The van der Waals surface area contributed by atoms with Crippen LogP contribution in [0.5, 0.6) is 0 Å². The lowest BCUT2D eigenvalue weighted by atomic mass is 10.3. The van der Waals surface area contributed by atoms with E-state index in [4.69, 9.17) is 4.42 Å². The van der Waals surface area contributed by atoms with Crippen molar-refractivity contribution in [3.05, 3.63) is 23.7 Å². The van der Waals surface area contributed by atoms with Crippen LogP contribution in [0.4, 0.5) is 0 Å². The fourth-order valence-corrected chi connectivity index (χ4v) is 1.21. The van der Waals surface area contributed by atoms with Crippen molar-refractivity contribution in [1.29, 1.82) is 0 Å². The maximum atomic E-state index is 11.2. The Balaban J connectivity index is 2.18. The molecule has 0 aromatic carbocycles. The Morgan fingerprint density at radius 2 is 2.27 bits per heavy atom. The molecule has 4 heteroatoms. The number of rotatable bonds is 5. The second-order valence-electron chi connectivity index (χ2n) is 3.74. The first-order chi connectivity index (χ1) is 7.11. The molecule has 1 amide bonds. The number of carbonyl (C=O) groups is 1. The van der Waals surface area contributed by atoms with Crippen LogP contribution < -0.4 is 5.32 Å². The Labute approximate surface area is 90.3 Å². The number of furan rings is 1. The highest BCUT2D eigenvalue weighted by Gasteiger charge is 2.04. The molecule has 15 heavy (non-hydrogen) atoms. The molecule has 0 fully saturated rings. The third-order valence-electron chi connectivity index (χ3n) is 2.27. The van der Waals surface area contributed by atoms with E-state index in [-0.39, 0.29) is 5.91 Å². The summed E-state index contributed by atoms with van der Waals surface area (Å²) in [5.74, 6) is 1.07. The van der Waals surface area contributed by atoms with Crippen molar-refractivity contribution in [2.45, 2.75) is 19.9 Å². The quantitative estimate of drug-likeness (QED) is 0.742. The average molecular weight is 210 g/mol. The molecule has 1 aromatic heterocycles. The van der Waals surface area contributed by atoms with Crippen molar-refractivity contribution < 1.29 is 9.21 Å². The molecular weight excluding hydrogens is 192 g/mol. The second kappa shape index (κ2) is 5.56. The summed E-state index contributed by atoms with van der Waals surface area (Å²) < 4.78 is 5.26. The van der Waals surface area contributed by atoms with Gasteiger partial charge in [0.25, 0.3) is 0 Å². The summed E-state index contributed by atoms with van der Waals surface area (Å²) >= 11 is 0. The summed E-state index contributed by atoms with van der Waals surface area (Å²) in [5.41, 5.74) is 1.14. The minimum absolute atomic E-state index is 0.138. The van der Waals surface area contributed by atoms with Crippen LogP contribution in [-0.2, 0) is 11.3 Å². The summed E-state index contributed by atoms with van der Waals surface area (Å²) in [7, 11) is 3.53. The number of aryl methyl sites for hydroxylation is 1. The number of nitrogens with zero attached hydrogens (tertiary/aromatic N) is 1. The molecule has 0 bridgehead atoms. The number of nitrogens with one attached hydrogen (secondary N) is 1. The lowest BCUT2D eigenvalue weighted by Crippen LogP contribution is -2.26. The molecule has 1 rings (SSSR count). The van der Waals surface area contributed by atoms with Crippen LogP contribution in [-0.4, -0.2) is 31.4 Å². The van der Waals surface area contributed by atoms with Gasteiger partial charge in [-0.1, -0.05) is 0 Å². The first-order valence-electron chi connectivity index (χ1n) is 5.05. The highest BCUT2D eigenvalue weighted by atomic mass is 16.3. The fraction of sp³-hybridized carbons (Fsp3) is 0.545. The molecule has 0 saturated carbocycles. The van der Waals surface area contributed by atoms with Crippen LogP contribution in [0.2, 0.25) is 0 Å². The van der Waals surface area contributed by atoms with Gasteiger partial charge in [0.05, 0.1) is 12.8 Å². The number of hydrogen-bond donors (Lipinski definition) is 1. The van der Waals surface area contributed by atoms with Gasteiger partial charge in [-0.2, -0.15) is 0 Å². The zero-order valence-electron chi connectivity index (χ0n) is 9.54. The normalized spacial score (nSPS) is 10.3. The molecule has 0 radical (unpaired) electrons. The first kappa shape index (κ1) is 11.8. The molecule has 4 nitrogen and oxygen atoms in total. The highest BCUT2D eigenvalue weighted by Crippen LogP contribution is 2.07. The molecular formula is C11H18N2O2. The largest absolute Gasteiger partial charge is 0.468 e. The lowest BCUT2D eigenvalue weighted by Gasteiger charge is -2.10. The summed E-state index contributed by atoms with van der Waals surface area (Å²) in [4.78, 5) is 12.8. The number of hydrogen-bond acceptors (Lipinski definition) is 3.